The fourth-order valence-corrected chi connectivity index (χ4v) is 3.25. The normalized spacial score (nSPS) is 11.6. The van der Waals surface area contributed by atoms with E-state index in [2.05, 4.69) is 38.5 Å². The first-order valence-electron chi connectivity index (χ1n) is 9.40. The van der Waals surface area contributed by atoms with Gasteiger partial charge in [-0.25, -0.2) is 0 Å². The summed E-state index contributed by atoms with van der Waals surface area (Å²) in [6.45, 7) is 3.51. The van der Waals surface area contributed by atoms with Crippen molar-refractivity contribution < 1.29 is 14.1 Å². The molecule has 140 valence electrons. The van der Waals surface area contributed by atoms with E-state index in [9.17, 15) is 4.79 Å². The smallest absolute Gasteiger partial charge is 0.244 e. The summed E-state index contributed by atoms with van der Waals surface area (Å²) in [5.41, 5.74) is 4.26. The Hall–Kier alpha value is -2.85. The highest BCUT2D eigenvalue weighted by atomic mass is 16.3. The van der Waals surface area contributed by atoms with E-state index in [1.54, 1.807) is 6.08 Å². The van der Waals surface area contributed by atoms with Gasteiger partial charge < -0.3 is 14.6 Å². The van der Waals surface area contributed by atoms with E-state index >= 15 is 0 Å². The maximum Gasteiger partial charge on any atom is 0.244 e. The second-order valence-corrected chi connectivity index (χ2v) is 6.99. The lowest BCUT2D eigenvalue weighted by atomic mass is 10.1. The Balaban J connectivity index is 1.70. The van der Waals surface area contributed by atoms with Gasteiger partial charge in [0.15, 0.2) is 0 Å². The van der Waals surface area contributed by atoms with Gasteiger partial charge in [0.25, 0.3) is 0 Å². The van der Waals surface area contributed by atoms with E-state index in [4.69, 9.17) is 4.42 Å². The highest BCUT2D eigenvalue weighted by Crippen LogP contribution is 2.27. The number of benzene rings is 2. The van der Waals surface area contributed by atoms with Gasteiger partial charge in [-0.3, -0.25) is 4.79 Å². The number of fused-ring (bicyclic) bond motifs is 1. The van der Waals surface area contributed by atoms with Crippen molar-refractivity contribution in [2.45, 2.75) is 26.4 Å². The zero-order valence-electron chi connectivity index (χ0n) is 16.2. The number of hydrogen-bond acceptors (Lipinski definition) is 2. The Morgan fingerprint density at radius 3 is 2.52 bits per heavy atom. The molecular weight excluding hydrogens is 336 g/mol. The quantitative estimate of drug-likeness (QED) is 0.634. The molecular formula is C23H27N2O2+. The molecule has 0 atom stereocenters. The molecule has 2 aromatic carbocycles. The van der Waals surface area contributed by atoms with Crippen LogP contribution in [0.2, 0.25) is 0 Å². The fourth-order valence-electron chi connectivity index (χ4n) is 3.25. The molecule has 0 saturated heterocycles. The van der Waals surface area contributed by atoms with Gasteiger partial charge in [-0.1, -0.05) is 49.4 Å². The zero-order chi connectivity index (χ0) is 19.2. The molecule has 3 rings (SSSR count). The van der Waals surface area contributed by atoms with Crippen LogP contribution in [0.5, 0.6) is 0 Å². The molecule has 0 spiro atoms. The molecule has 4 heteroatoms. The molecule has 27 heavy (non-hydrogen) atoms. The second-order valence-electron chi connectivity index (χ2n) is 6.99. The third-order valence-corrected chi connectivity index (χ3v) is 4.55. The number of rotatable bonds is 7. The van der Waals surface area contributed by atoms with Gasteiger partial charge in [0.1, 0.15) is 17.9 Å². The Morgan fingerprint density at radius 2 is 1.78 bits per heavy atom. The maximum absolute atomic E-state index is 12.3. The standard InChI is InChI=1S/C23H26N2O2/c1-4-21-20(19-11-7-8-12-22(19)27-21)13-14-23(26)24-15-17-9-5-6-10-18(17)16-25(2)3/h5-14H,4,15-16H2,1-3H3,(H,24,26)/p+1/b14-13+. The van der Waals surface area contributed by atoms with Gasteiger partial charge >= 0.3 is 0 Å². The molecule has 0 aliphatic carbocycles. The molecule has 1 aromatic heterocycles. The maximum atomic E-state index is 12.3. The number of amides is 1. The summed E-state index contributed by atoms with van der Waals surface area (Å²) in [7, 11) is 4.25. The van der Waals surface area contributed by atoms with Crippen LogP contribution in [0, 0.1) is 0 Å². The summed E-state index contributed by atoms with van der Waals surface area (Å²) in [5.74, 6) is 0.800. The van der Waals surface area contributed by atoms with E-state index in [-0.39, 0.29) is 5.91 Å². The van der Waals surface area contributed by atoms with Crippen molar-refractivity contribution in [2.75, 3.05) is 14.1 Å². The zero-order valence-corrected chi connectivity index (χ0v) is 16.2. The largest absolute Gasteiger partial charge is 0.460 e. The minimum Gasteiger partial charge on any atom is -0.460 e. The first-order chi connectivity index (χ1) is 13.1. The number of nitrogens with one attached hydrogen (secondary N) is 2. The van der Waals surface area contributed by atoms with Crippen molar-refractivity contribution in [1.82, 2.24) is 5.32 Å². The highest BCUT2D eigenvalue weighted by molar-refractivity contribution is 5.96. The molecule has 3 aromatic rings. The van der Waals surface area contributed by atoms with Gasteiger partial charge in [-0.05, 0) is 17.7 Å². The summed E-state index contributed by atoms with van der Waals surface area (Å²) in [6, 6.07) is 16.2. The Bertz CT molecular complexity index is 954. The lowest BCUT2D eigenvalue weighted by Gasteiger charge is -2.12. The van der Waals surface area contributed by atoms with Crippen LogP contribution in [0.15, 0.2) is 59.0 Å². The minimum atomic E-state index is -0.102. The fraction of sp³-hybridized carbons (Fsp3) is 0.261. The summed E-state index contributed by atoms with van der Waals surface area (Å²) >= 11 is 0. The van der Waals surface area contributed by atoms with Crippen LogP contribution in [0.1, 0.15) is 29.4 Å². The Morgan fingerprint density at radius 1 is 1.07 bits per heavy atom. The van der Waals surface area contributed by atoms with Crippen LogP contribution in [-0.2, 0) is 24.3 Å². The minimum absolute atomic E-state index is 0.102. The molecule has 0 aliphatic heterocycles. The lowest BCUT2D eigenvalue weighted by Crippen LogP contribution is -3.04. The molecule has 4 nitrogen and oxygen atoms in total. The van der Waals surface area contributed by atoms with E-state index in [1.807, 2.05) is 42.5 Å². The van der Waals surface area contributed by atoms with Gasteiger partial charge in [0.2, 0.25) is 5.91 Å². The van der Waals surface area contributed by atoms with E-state index < -0.39 is 0 Å². The molecule has 2 N–H and O–H groups in total. The monoisotopic (exact) mass is 363 g/mol. The van der Waals surface area contributed by atoms with Gasteiger partial charge in [-0.2, -0.15) is 0 Å². The Labute approximate surface area is 160 Å². The van der Waals surface area contributed by atoms with Crippen LogP contribution in [0.4, 0.5) is 0 Å². The van der Waals surface area contributed by atoms with Crippen molar-refractivity contribution in [2.24, 2.45) is 0 Å². The SMILES string of the molecule is CCc1oc2ccccc2c1/C=C/C(=O)NCc1ccccc1C[NH+](C)C. The van der Waals surface area contributed by atoms with Crippen molar-refractivity contribution >= 4 is 23.0 Å². The topological polar surface area (TPSA) is 46.7 Å². The Kier molecular flexibility index (Phi) is 6.09. The second kappa shape index (κ2) is 8.69. The number of quaternary nitrogens is 1. The molecule has 0 fully saturated rings. The molecule has 0 unspecified atom stereocenters. The average molecular weight is 363 g/mol. The van der Waals surface area contributed by atoms with Crippen LogP contribution in [0.25, 0.3) is 17.0 Å². The van der Waals surface area contributed by atoms with Gasteiger partial charge in [0.05, 0.1) is 14.1 Å². The van der Waals surface area contributed by atoms with Gasteiger partial charge in [0, 0.05) is 35.6 Å². The van der Waals surface area contributed by atoms with Crippen molar-refractivity contribution in [1.29, 1.82) is 0 Å². The van der Waals surface area contributed by atoms with Crippen molar-refractivity contribution in [3.8, 4) is 0 Å². The predicted octanol–water partition coefficient (Wildman–Crippen LogP) is 2.97. The summed E-state index contributed by atoms with van der Waals surface area (Å²) in [5, 5.41) is 4.03. The first-order valence-corrected chi connectivity index (χ1v) is 9.40. The molecule has 1 heterocycles. The average Bonchev–Trinajstić information content (AvgIpc) is 3.03. The summed E-state index contributed by atoms with van der Waals surface area (Å²) < 4.78 is 5.88. The number of carbonyl (C=O) groups excluding carboxylic acids is 1. The van der Waals surface area contributed by atoms with Crippen LogP contribution in [-0.4, -0.2) is 20.0 Å². The predicted molar refractivity (Wildman–Crippen MR) is 109 cm³/mol. The molecule has 0 radical (unpaired) electrons. The van der Waals surface area contributed by atoms with Crippen molar-refractivity contribution in [3.05, 3.63) is 77.1 Å². The first kappa shape index (κ1) is 18.9. The van der Waals surface area contributed by atoms with Crippen LogP contribution < -0.4 is 10.2 Å². The molecule has 1 amide bonds. The number of hydrogen-bond donors (Lipinski definition) is 2. The third kappa shape index (κ3) is 4.66. The van der Waals surface area contributed by atoms with Gasteiger partial charge in [-0.15, -0.1) is 0 Å². The summed E-state index contributed by atoms with van der Waals surface area (Å²) in [6.07, 6.45) is 4.24. The number of furan rings is 1. The molecule has 0 aliphatic rings. The van der Waals surface area contributed by atoms with E-state index in [1.165, 1.54) is 10.5 Å². The number of para-hydroxylation sites is 1. The third-order valence-electron chi connectivity index (χ3n) is 4.55. The number of aryl methyl sites for hydroxylation is 1. The van der Waals surface area contributed by atoms with E-state index in [0.717, 1.165) is 40.8 Å². The van der Waals surface area contributed by atoms with Crippen LogP contribution >= 0.6 is 0 Å². The van der Waals surface area contributed by atoms with E-state index in [0.29, 0.717) is 6.54 Å². The lowest BCUT2D eigenvalue weighted by molar-refractivity contribution is -0.872. The summed E-state index contributed by atoms with van der Waals surface area (Å²) in [4.78, 5) is 13.7. The van der Waals surface area contributed by atoms with Crippen molar-refractivity contribution in [3.63, 3.8) is 0 Å². The van der Waals surface area contributed by atoms with Crippen LogP contribution in [0.3, 0.4) is 0 Å². The molecule has 0 bridgehead atoms. The highest BCUT2D eigenvalue weighted by Gasteiger charge is 2.10. The molecule has 0 saturated carbocycles. The number of carbonyl (C=O) groups is 1.